The molecule has 2 N–H and O–H groups in total. The summed E-state index contributed by atoms with van der Waals surface area (Å²) in [6, 6.07) is 0. The average molecular weight is 334 g/mol. The molecule has 1 aliphatic rings. The van der Waals surface area contributed by atoms with Crippen molar-refractivity contribution < 1.29 is 19.8 Å². The summed E-state index contributed by atoms with van der Waals surface area (Å²) in [5, 5.41) is 18.5. The van der Waals surface area contributed by atoms with Crippen molar-refractivity contribution in [3.8, 4) is 0 Å². The lowest BCUT2D eigenvalue weighted by Gasteiger charge is -2.13. The van der Waals surface area contributed by atoms with E-state index in [4.69, 9.17) is 5.11 Å². The maximum absolute atomic E-state index is 12.0. The van der Waals surface area contributed by atoms with E-state index in [1.54, 1.807) is 6.08 Å². The van der Waals surface area contributed by atoms with Gasteiger partial charge in [-0.15, -0.1) is 0 Å². The van der Waals surface area contributed by atoms with Crippen LogP contribution in [-0.2, 0) is 9.59 Å². The number of carbonyl (C=O) groups excluding carboxylic acids is 1. The van der Waals surface area contributed by atoms with E-state index in [2.05, 4.69) is 6.92 Å². The summed E-state index contributed by atoms with van der Waals surface area (Å²) in [5.41, 5.74) is 0. The molecule has 4 heteroatoms. The number of unbranched alkanes of at least 4 members (excludes halogenated alkanes) is 3. The molecule has 0 fully saturated rings. The number of hydrogen-bond donors (Lipinski definition) is 2. The van der Waals surface area contributed by atoms with Crippen molar-refractivity contribution in [2.75, 3.05) is 0 Å². The zero-order valence-electron chi connectivity index (χ0n) is 14.6. The van der Waals surface area contributed by atoms with E-state index < -0.39 is 12.1 Å². The summed E-state index contributed by atoms with van der Waals surface area (Å²) in [7, 11) is 0. The van der Waals surface area contributed by atoms with Crippen molar-refractivity contribution in [1.82, 2.24) is 0 Å². The number of ketones is 1. The van der Waals surface area contributed by atoms with Crippen molar-refractivity contribution in [2.24, 2.45) is 11.8 Å². The summed E-state index contributed by atoms with van der Waals surface area (Å²) in [4.78, 5) is 22.4. The van der Waals surface area contributed by atoms with Crippen LogP contribution < -0.4 is 0 Å². The smallest absolute Gasteiger partial charge is 0.303 e. The number of aliphatic hydroxyl groups is 1. The lowest BCUT2D eigenvalue weighted by Crippen LogP contribution is -2.14. The van der Waals surface area contributed by atoms with Crippen LogP contribution in [-0.4, -0.2) is 28.1 Å². The van der Waals surface area contributed by atoms with Gasteiger partial charge >= 0.3 is 5.97 Å². The second kappa shape index (κ2) is 11.8. The molecule has 0 bridgehead atoms. The first kappa shape index (κ1) is 20.4. The highest BCUT2D eigenvalue weighted by atomic mass is 16.4. The van der Waals surface area contributed by atoms with E-state index in [0.29, 0.717) is 12.8 Å². The summed E-state index contributed by atoms with van der Waals surface area (Å²) < 4.78 is 0. The maximum Gasteiger partial charge on any atom is 0.303 e. The Morgan fingerprint density at radius 2 is 2.08 bits per heavy atom. The standard InChI is InChI=1S/C20H30O4/c1-2-3-6-9-17(21)14-12-16-13-15-19(22)18(16)10-7-4-5-8-11-20(23)24/h4,7,12-18,21H,2-3,5-6,8-11H2,1H3,(H,23,24)/b7-4?,14-12+/t16-,17-,18+/m0/s1. The van der Waals surface area contributed by atoms with Gasteiger partial charge in [0.1, 0.15) is 0 Å². The van der Waals surface area contributed by atoms with Crippen LogP contribution in [0, 0.1) is 11.8 Å². The second-order valence-electron chi connectivity index (χ2n) is 6.39. The third-order valence-electron chi connectivity index (χ3n) is 4.29. The molecule has 0 spiro atoms. The number of hydrogen-bond acceptors (Lipinski definition) is 3. The molecule has 0 unspecified atom stereocenters. The van der Waals surface area contributed by atoms with Gasteiger partial charge in [0.05, 0.1) is 6.10 Å². The van der Waals surface area contributed by atoms with Crippen LogP contribution in [0.2, 0.25) is 0 Å². The van der Waals surface area contributed by atoms with Gasteiger partial charge in [0.2, 0.25) is 0 Å². The van der Waals surface area contributed by atoms with Gasteiger partial charge in [0.15, 0.2) is 5.78 Å². The fraction of sp³-hybridized carbons (Fsp3) is 0.600. The largest absolute Gasteiger partial charge is 0.481 e. The summed E-state index contributed by atoms with van der Waals surface area (Å²) in [5.74, 6) is -0.705. The Labute approximate surface area is 145 Å². The normalized spacial score (nSPS) is 22.0. The minimum Gasteiger partial charge on any atom is -0.481 e. The van der Waals surface area contributed by atoms with Gasteiger partial charge in [-0.1, -0.05) is 56.6 Å². The quantitative estimate of drug-likeness (QED) is 0.417. The van der Waals surface area contributed by atoms with Crippen molar-refractivity contribution in [2.45, 2.75) is 64.4 Å². The number of aliphatic hydroxyl groups excluding tert-OH is 1. The molecule has 0 aromatic rings. The number of rotatable bonds is 12. The van der Waals surface area contributed by atoms with Crippen LogP contribution in [0.3, 0.4) is 0 Å². The molecular weight excluding hydrogens is 304 g/mol. The molecule has 0 radical (unpaired) electrons. The first-order valence-corrected chi connectivity index (χ1v) is 8.99. The number of carboxylic acid groups (broad SMARTS) is 1. The molecular formula is C20H30O4. The van der Waals surface area contributed by atoms with Crippen LogP contribution in [0.25, 0.3) is 0 Å². The fourth-order valence-electron chi connectivity index (χ4n) is 2.81. The van der Waals surface area contributed by atoms with Crippen LogP contribution >= 0.6 is 0 Å². The molecule has 134 valence electrons. The van der Waals surface area contributed by atoms with Crippen molar-refractivity contribution in [3.05, 3.63) is 36.5 Å². The number of carbonyl (C=O) groups is 2. The lowest BCUT2D eigenvalue weighted by atomic mass is 9.90. The van der Waals surface area contributed by atoms with Crippen LogP contribution in [0.15, 0.2) is 36.5 Å². The van der Waals surface area contributed by atoms with Crippen LogP contribution in [0.4, 0.5) is 0 Å². The Bertz CT molecular complexity index is 476. The minimum atomic E-state index is -0.777. The zero-order valence-corrected chi connectivity index (χ0v) is 14.6. The second-order valence-corrected chi connectivity index (χ2v) is 6.39. The molecule has 24 heavy (non-hydrogen) atoms. The van der Waals surface area contributed by atoms with Crippen molar-refractivity contribution in [3.63, 3.8) is 0 Å². The van der Waals surface area contributed by atoms with Gasteiger partial charge in [-0.2, -0.15) is 0 Å². The van der Waals surface area contributed by atoms with Gasteiger partial charge in [0, 0.05) is 18.3 Å². The molecule has 1 aliphatic carbocycles. The SMILES string of the molecule is CCCCC[C@H](O)/C=C/[C@H]1C=CC(=O)[C@@H]1CC=CCCCC(=O)O. The minimum absolute atomic E-state index is 0.0435. The zero-order chi connectivity index (χ0) is 17.8. The van der Waals surface area contributed by atoms with Crippen LogP contribution in [0.5, 0.6) is 0 Å². The Balaban J connectivity index is 2.38. The van der Waals surface area contributed by atoms with Gasteiger partial charge in [-0.05, 0) is 31.8 Å². The molecule has 4 nitrogen and oxygen atoms in total. The predicted octanol–water partition coefficient (Wildman–Crippen LogP) is 4.06. The molecule has 0 aromatic heterocycles. The van der Waals surface area contributed by atoms with E-state index in [-0.39, 0.29) is 24.0 Å². The number of allylic oxidation sites excluding steroid dienone is 5. The highest BCUT2D eigenvalue weighted by Crippen LogP contribution is 2.27. The van der Waals surface area contributed by atoms with Crippen LogP contribution in [0.1, 0.15) is 58.3 Å². The lowest BCUT2D eigenvalue weighted by molar-refractivity contribution is -0.137. The van der Waals surface area contributed by atoms with Gasteiger partial charge < -0.3 is 10.2 Å². The molecule has 0 aromatic carbocycles. The molecule has 0 heterocycles. The summed E-state index contributed by atoms with van der Waals surface area (Å²) >= 11 is 0. The number of carboxylic acids is 1. The molecule has 0 amide bonds. The monoisotopic (exact) mass is 334 g/mol. The van der Waals surface area contributed by atoms with Gasteiger partial charge in [-0.25, -0.2) is 0 Å². The molecule has 0 aliphatic heterocycles. The first-order valence-electron chi connectivity index (χ1n) is 8.99. The van der Waals surface area contributed by atoms with E-state index in [1.165, 1.54) is 0 Å². The number of aliphatic carboxylic acids is 1. The Hall–Kier alpha value is -1.68. The van der Waals surface area contributed by atoms with E-state index in [0.717, 1.165) is 32.1 Å². The van der Waals surface area contributed by atoms with Crippen molar-refractivity contribution in [1.29, 1.82) is 0 Å². The third kappa shape index (κ3) is 8.25. The average Bonchev–Trinajstić information content (AvgIpc) is 2.89. The Kier molecular flexibility index (Phi) is 10.0. The molecule has 1 rings (SSSR count). The van der Waals surface area contributed by atoms with E-state index >= 15 is 0 Å². The first-order chi connectivity index (χ1) is 11.5. The van der Waals surface area contributed by atoms with Gasteiger partial charge in [0.25, 0.3) is 0 Å². The topological polar surface area (TPSA) is 74.6 Å². The summed E-state index contributed by atoms with van der Waals surface area (Å²) in [6.07, 6.45) is 17.0. The Morgan fingerprint density at radius 3 is 2.79 bits per heavy atom. The molecule has 3 atom stereocenters. The highest BCUT2D eigenvalue weighted by Gasteiger charge is 2.27. The summed E-state index contributed by atoms with van der Waals surface area (Å²) in [6.45, 7) is 2.14. The maximum atomic E-state index is 12.0. The molecule has 0 saturated carbocycles. The van der Waals surface area contributed by atoms with Gasteiger partial charge in [-0.3, -0.25) is 9.59 Å². The van der Waals surface area contributed by atoms with E-state index in [9.17, 15) is 14.7 Å². The van der Waals surface area contributed by atoms with E-state index in [1.807, 2.05) is 30.4 Å². The third-order valence-corrected chi connectivity index (χ3v) is 4.29. The predicted molar refractivity (Wildman–Crippen MR) is 95.7 cm³/mol. The highest BCUT2D eigenvalue weighted by molar-refractivity contribution is 5.95. The Morgan fingerprint density at radius 1 is 1.29 bits per heavy atom. The van der Waals surface area contributed by atoms with Crippen molar-refractivity contribution >= 4 is 11.8 Å². The molecule has 0 saturated heterocycles. The fourth-order valence-corrected chi connectivity index (χ4v) is 2.81.